The number of rotatable bonds is 12. The third-order valence-corrected chi connectivity index (χ3v) is 10.7. The van der Waals surface area contributed by atoms with Crippen LogP contribution in [-0.2, 0) is 5.41 Å². The summed E-state index contributed by atoms with van der Waals surface area (Å²) in [5.41, 5.74) is 13.1. The zero-order chi connectivity index (χ0) is 34.2. The average Bonchev–Trinajstić information content (AvgIpc) is 3.12. The molecule has 0 spiro atoms. The molecule has 4 aromatic carbocycles. The Morgan fingerprint density at radius 2 is 1.20 bits per heavy atom. The predicted molar refractivity (Wildman–Crippen MR) is 212 cm³/mol. The fourth-order valence-electron chi connectivity index (χ4n) is 7.92. The van der Waals surface area contributed by atoms with Crippen molar-refractivity contribution in [1.82, 2.24) is 0 Å². The number of allylic oxidation sites excluding steroid dienone is 5. The fraction of sp³-hybridized carbons (Fsp3) is 0.319. The molecule has 0 amide bonds. The Labute approximate surface area is 296 Å². The second kappa shape index (κ2) is 15.8. The van der Waals surface area contributed by atoms with Gasteiger partial charge in [-0.3, -0.25) is 0 Å². The predicted octanol–water partition coefficient (Wildman–Crippen LogP) is 13.3. The molecule has 0 saturated heterocycles. The molecule has 4 aromatic rings. The zero-order valence-corrected chi connectivity index (χ0v) is 30.2. The highest BCUT2D eigenvalue weighted by Gasteiger charge is 2.34. The van der Waals surface area contributed by atoms with Gasteiger partial charge in [0.1, 0.15) is 0 Å². The van der Waals surface area contributed by atoms with Crippen LogP contribution in [0.25, 0.3) is 0 Å². The van der Waals surface area contributed by atoms with E-state index in [1.807, 2.05) is 6.08 Å². The maximum Gasteiger partial charge on any atom is 0.0556 e. The molecule has 2 heteroatoms. The number of hydrogen-bond donors (Lipinski definition) is 0. The van der Waals surface area contributed by atoms with Crippen molar-refractivity contribution in [3.8, 4) is 0 Å². The topological polar surface area (TPSA) is 6.48 Å². The van der Waals surface area contributed by atoms with Gasteiger partial charge in [0.25, 0.3) is 0 Å². The normalized spacial score (nSPS) is 17.3. The second-order valence-corrected chi connectivity index (χ2v) is 14.5. The van der Waals surface area contributed by atoms with Gasteiger partial charge >= 0.3 is 0 Å². The zero-order valence-electron chi connectivity index (χ0n) is 30.2. The minimum atomic E-state index is 0.216. The number of hydrogen-bond acceptors (Lipinski definition) is 2. The number of aryl methyl sites for hydroxylation is 3. The third kappa shape index (κ3) is 8.19. The Kier molecular flexibility index (Phi) is 11.0. The summed E-state index contributed by atoms with van der Waals surface area (Å²) in [6.45, 7) is 12.8. The lowest BCUT2D eigenvalue weighted by atomic mass is 9.66. The third-order valence-electron chi connectivity index (χ3n) is 10.7. The van der Waals surface area contributed by atoms with Gasteiger partial charge in [-0.15, -0.1) is 0 Å². The molecule has 49 heavy (non-hydrogen) atoms. The van der Waals surface area contributed by atoms with Crippen molar-refractivity contribution in [3.05, 3.63) is 168 Å². The molecule has 2 nitrogen and oxygen atoms in total. The molecule has 0 aliphatic heterocycles. The molecule has 1 saturated carbocycles. The van der Waals surface area contributed by atoms with Crippen LogP contribution in [0.15, 0.2) is 145 Å². The van der Waals surface area contributed by atoms with Gasteiger partial charge in [0, 0.05) is 28.4 Å². The molecule has 2 aliphatic carbocycles. The Balaban J connectivity index is 1.25. The van der Waals surface area contributed by atoms with E-state index in [1.54, 1.807) is 0 Å². The molecule has 0 heterocycles. The average molecular weight is 647 g/mol. The van der Waals surface area contributed by atoms with Crippen LogP contribution in [0, 0.1) is 20.8 Å². The van der Waals surface area contributed by atoms with Crippen molar-refractivity contribution in [1.29, 1.82) is 0 Å². The van der Waals surface area contributed by atoms with E-state index in [2.05, 4.69) is 165 Å². The first kappa shape index (κ1) is 34.3. The highest BCUT2D eigenvalue weighted by atomic mass is 15.2. The molecule has 1 atom stereocenters. The molecule has 6 rings (SSSR count). The molecular weight excluding hydrogens is 593 g/mol. The van der Waals surface area contributed by atoms with Crippen molar-refractivity contribution in [3.63, 3.8) is 0 Å². The van der Waals surface area contributed by atoms with Gasteiger partial charge in [0.05, 0.1) is 6.04 Å². The van der Waals surface area contributed by atoms with Gasteiger partial charge in [-0.05, 0) is 132 Å². The van der Waals surface area contributed by atoms with E-state index >= 15 is 0 Å². The highest BCUT2D eigenvalue weighted by molar-refractivity contribution is 5.76. The van der Waals surface area contributed by atoms with Gasteiger partial charge in [-0.1, -0.05) is 121 Å². The summed E-state index contributed by atoms with van der Waals surface area (Å²) in [5.74, 6) is 0. The second-order valence-electron chi connectivity index (χ2n) is 14.5. The van der Waals surface area contributed by atoms with Crippen LogP contribution >= 0.6 is 0 Å². The maximum absolute atomic E-state index is 4.14. The standard InChI is InChI=1S/C47H54N2/c1-6-11-41(48(42-23-13-36(2)14-24-42)43-25-15-37(3)16-26-43)12-10-35-47(33-8-7-9-34-47)40-21-31-46(32-22-40)49(44-27-17-38(4)18-28-44)45-29-19-39(5)20-30-45/h6,11,13-25,27-32,43H,1,7-10,12,26,33-35H2,2-5H3/b41-11+. The summed E-state index contributed by atoms with van der Waals surface area (Å²) < 4.78 is 0. The molecule has 1 fully saturated rings. The number of anilines is 4. The van der Waals surface area contributed by atoms with Gasteiger partial charge < -0.3 is 9.80 Å². The highest BCUT2D eigenvalue weighted by Crippen LogP contribution is 2.45. The van der Waals surface area contributed by atoms with E-state index in [0.29, 0.717) is 6.04 Å². The first-order valence-electron chi connectivity index (χ1n) is 18.4. The first-order valence-corrected chi connectivity index (χ1v) is 18.4. The molecule has 0 radical (unpaired) electrons. The summed E-state index contributed by atoms with van der Waals surface area (Å²) in [4.78, 5) is 4.95. The van der Waals surface area contributed by atoms with Crippen LogP contribution in [0.2, 0.25) is 0 Å². The van der Waals surface area contributed by atoms with Crippen molar-refractivity contribution in [2.24, 2.45) is 0 Å². The molecular formula is C47H54N2. The van der Waals surface area contributed by atoms with Gasteiger partial charge in [0.15, 0.2) is 0 Å². The van der Waals surface area contributed by atoms with Crippen LogP contribution in [0.3, 0.4) is 0 Å². The lowest BCUT2D eigenvalue weighted by Gasteiger charge is -2.39. The summed E-state index contributed by atoms with van der Waals surface area (Å²) in [7, 11) is 0. The summed E-state index contributed by atoms with van der Waals surface area (Å²) in [6.07, 6.45) is 22.2. The molecule has 1 unspecified atom stereocenters. The molecule has 252 valence electrons. The van der Waals surface area contributed by atoms with Crippen molar-refractivity contribution in [2.45, 2.75) is 96.9 Å². The van der Waals surface area contributed by atoms with Crippen LogP contribution < -0.4 is 9.80 Å². The van der Waals surface area contributed by atoms with Crippen molar-refractivity contribution >= 4 is 22.7 Å². The van der Waals surface area contributed by atoms with Crippen LogP contribution in [0.1, 0.15) is 87.0 Å². The largest absolute Gasteiger partial charge is 0.338 e. The van der Waals surface area contributed by atoms with E-state index in [-0.39, 0.29) is 5.41 Å². The Morgan fingerprint density at radius 1 is 0.694 bits per heavy atom. The Hall–Kier alpha value is -4.56. The molecule has 0 N–H and O–H groups in total. The SMILES string of the molecule is C=C/C=C(\CCCC1(c2ccc(N(c3ccc(C)cc3)c3ccc(C)cc3)cc2)CCCCC1)N(c1ccc(C)cc1)C1C=CC(C)=CC1. The van der Waals surface area contributed by atoms with Crippen LogP contribution in [0.5, 0.6) is 0 Å². The first-order chi connectivity index (χ1) is 23.8. The van der Waals surface area contributed by atoms with Crippen LogP contribution in [0.4, 0.5) is 22.7 Å². The summed E-state index contributed by atoms with van der Waals surface area (Å²) >= 11 is 0. The molecule has 2 aliphatic rings. The smallest absolute Gasteiger partial charge is 0.0556 e. The minimum Gasteiger partial charge on any atom is -0.338 e. The van der Waals surface area contributed by atoms with Gasteiger partial charge in [-0.25, -0.2) is 0 Å². The summed E-state index contributed by atoms with van der Waals surface area (Å²) in [5, 5.41) is 0. The fourth-order valence-corrected chi connectivity index (χ4v) is 7.92. The minimum absolute atomic E-state index is 0.216. The number of benzene rings is 4. The van der Waals surface area contributed by atoms with Crippen molar-refractivity contribution in [2.75, 3.05) is 9.80 Å². The lowest BCUT2D eigenvalue weighted by molar-refractivity contribution is 0.268. The monoisotopic (exact) mass is 646 g/mol. The van der Waals surface area contributed by atoms with Crippen molar-refractivity contribution < 1.29 is 0 Å². The van der Waals surface area contributed by atoms with Gasteiger partial charge in [0.2, 0.25) is 0 Å². The van der Waals surface area contributed by atoms with Crippen LogP contribution in [-0.4, -0.2) is 6.04 Å². The van der Waals surface area contributed by atoms with E-state index < -0.39 is 0 Å². The van der Waals surface area contributed by atoms with E-state index in [4.69, 9.17) is 0 Å². The van der Waals surface area contributed by atoms with E-state index in [1.165, 1.54) is 94.8 Å². The van der Waals surface area contributed by atoms with E-state index in [9.17, 15) is 0 Å². The summed E-state index contributed by atoms with van der Waals surface area (Å²) in [6, 6.07) is 36.7. The van der Waals surface area contributed by atoms with E-state index in [0.717, 1.165) is 19.3 Å². The quantitative estimate of drug-likeness (QED) is 0.141. The number of nitrogens with zero attached hydrogens (tertiary/aromatic N) is 2. The maximum atomic E-state index is 4.14. The molecule has 0 bridgehead atoms. The Morgan fingerprint density at radius 3 is 1.69 bits per heavy atom. The molecule has 0 aromatic heterocycles. The van der Waals surface area contributed by atoms with Gasteiger partial charge in [-0.2, -0.15) is 0 Å². The Bertz CT molecular complexity index is 1720. The lowest BCUT2D eigenvalue weighted by Crippen LogP contribution is -2.34.